The quantitative estimate of drug-likeness (QED) is 0.605. The smallest absolute Gasteiger partial charge is 0.407 e. The molecule has 1 aromatic heterocycles. The van der Waals surface area contributed by atoms with Crippen LogP contribution in [0.4, 0.5) is 16.4 Å². The Morgan fingerprint density at radius 2 is 1.75 bits per heavy atom. The van der Waals surface area contributed by atoms with E-state index in [2.05, 4.69) is 32.3 Å². The Bertz CT molecular complexity index is 1040. The molecule has 8 nitrogen and oxygen atoms in total. The fourth-order valence-corrected chi connectivity index (χ4v) is 3.87. The van der Waals surface area contributed by atoms with Gasteiger partial charge in [-0.1, -0.05) is 24.3 Å². The molecule has 0 bridgehead atoms. The molecule has 0 spiro atoms. The van der Waals surface area contributed by atoms with Gasteiger partial charge in [-0.05, 0) is 42.3 Å². The van der Waals surface area contributed by atoms with E-state index in [0.29, 0.717) is 12.5 Å². The topological polar surface area (TPSA) is 90.8 Å². The molecule has 0 radical (unpaired) electrons. The Morgan fingerprint density at radius 3 is 2.34 bits per heavy atom. The number of anilines is 2. The highest BCUT2D eigenvalue weighted by molar-refractivity contribution is 5.65. The van der Waals surface area contributed by atoms with Crippen molar-refractivity contribution < 1.29 is 14.6 Å². The third kappa shape index (κ3) is 5.15. The summed E-state index contributed by atoms with van der Waals surface area (Å²) < 4.78 is 5.19. The second-order valence-electron chi connectivity index (χ2n) is 7.91. The summed E-state index contributed by atoms with van der Waals surface area (Å²) in [6.45, 7) is 4.77. The monoisotopic (exact) mass is 433 g/mol. The molecule has 3 aromatic rings. The summed E-state index contributed by atoms with van der Waals surface area (Å²) in [5, 5.41) is 12.4. The van der Waals surface area contributed by atoms with E-state index < -0.39 is 6.09 Å². The number of piperazine rings is 1. The average molecular weight is 434 g/mol. The first-order valence-corrected chi connectivity index (χ1v) is 10.6. The van der Waals surface area contributed by atoms with Gasteiger partial charge >= 0.3 is 6.09 Å². The lowest BCUT2D eigenvalue weighted by molar-refractivity contribution is 0.0711. The van der Waals surface area contributed by atoms with Gasteiger partial charge < -0.3 is 20.1 Å². The van der Waals surface area contributed by atoms with Gasteiger partial charge in [-0.15, -0.1) is 0 Å². The van der Waals surface area contributed by atoms with Crippen LogP contribution >= 0.6 is 0 Å². The van der Waals surface area contributed by atoms with Crippen molar-refractivity contribution in [1.29, 1.82) is 0 Å². The number of nitrogens with zero attached hydrogens (tertiary/aromatic N) is 4. The number of aromatic nitrogens is 2. The maximum Gasteiger partial charge on any atom is 0.407 e. The number of carbonyl (C=O) groups is 1. The number of ether oxygens (including phenoxy) is 1. The Hall–Kier alpha value is -3.65. The SMILES string of the molecule is COc1ccc(-c2cnc(Nc3ccc(CN4CCN(C(=O)O)C(C)C4)cc3)nc2)cc1. The fraction of sp³-hybridized carbons (Fsp3) is 0.292. The number of benzene rings is 2. The van der Waals surface area contributed by atoms with Crippen LogP contribution in [0.1, 0.15) is 12.5 Å². The predicted octanol–water partition coefficient (Wildman–Crippen LogP) is 4.08. The lowest BCUT2D eigenvalue weighted by atomic mass is 10.1. The molecule has 1 unspecified atom stereocenters. The third-order valence-corrected chi connectivity index (χ3v) is 5.65. The van der Waals surface area contributed by atoms with Crippen molar-refractivity contribution in [2.75, 3.05) is 32.1 Å². The number of nitrogens with one attached hydrogen (secondary N) is 1. The number of carboxylic acid groups (broad SMARTS) is 1. The lowest BCUT2D eigenvalue weighted by Gasteiger charge is -2.38. The Morgan fingerprint density at radius 1 is 1.06 bits per heavy atom. The zero-order valence-electron chi connectivity index (χ0n) is 18.2. The molecule has 1 atom stereocenters. The average Bonchev–Trinajstić information content (AvgIpc) is 2.81. The van der Waals surface area contributed by atoms with E-state index in [1.54, 1.807) is 19.5 Å². The van der Waals surface area contributed by atoms with Gasteiger partial charge in [0.25, 0.3) is 0 Å². The van der Waals surface area contributed by atoms with E-state index in [4.69, 9.17) is 4.74 Å². The Labute approximate surface area is 187 Å². The second kappa shape index (κ2) is 9.65. The van der Waals surface area contributed by atoms with Gasteiger partial charge in [-0.2, -0.15) is 0 Å². The highest BCUT2D eigenvalue weighted by atomic mass is 16.5. The van der Waals surface area contributed by atoms with Crippen LogP contribution in [0.3, 0.4) is 0 Å². The number of methoxy groups -OCH3 is 1. The van der Waals surface area contributed by atoms with Crippen molar-refractivity contribution in [2.24, 2.45) is 0 Å². The highest BCUT2D eigenvalue weighted by Crippen LogP contribution is 2.22. The zero-order valence-corrected chi connectivity index (χ0v) is 18.2. The van der Waals surface area contributed by atoms with Crippen molar-refractivity contribution in [3.8, 4) is 16.9 Å². The molecule has 2 heterocycles. The molecule has 1 fully saturated rings. The first kappa shape index (κ1) is 21.6. The van der Waals surface area contributed by atoms with Crippen LogP contribution in [0.25, 0.3) is 11.1 Å². The van der Waals surface area contributed by atoms with Crippen LogP contribution in [0.2, 0.25) is 0 Å². The van der Waals surface area contributed by atoms with Crippen molar-refractivity contribution in [1.82, 2.24) is 19.8 Å². The van der Waals surface area contributed by atoms with Gasteiger partial charge in [0.2, 0.25) is 5.95 Å². The maximum absolute atomic E-state index is 11.2. The second-order valence-corrected chi connectivity index (χ2v) is 7.91. The minimum absolute atomic E-state index is 0.000209. The van der Waals surface area contributed by atoms with Crippen molar-refractivity contribution >= 4 is 17.7 Å². The number of amides is 1. The van der Waals surface area contributed by atoms with Crippen LogP contribution in [0.15, 0.2) is 60.9 Å². The number of hydrogen-bond acceptors (Lipinski definition) is 6. The Kier molecular flexibility index (Phi) is 6.51. The largest absolute Gasteiger partial charge is 0.497 e. The molecule has 0 saturated carbocycles. The molecule has 1 amide bonds. The van der Waals surface area contributed by atoms with E-state index in [1.165, 1.54) is 10.5 Å². The normalized spacial score (nSPS) is 16.6. The van der Waals surface area contributed by atoms with Gasteiger partial charge in [0.15, 0.2) is 0 Å². The van der Waals surface area contributed by atoms with E-state index in [0.717, 1.165) is 42.2 Å². The first-order chi connectivity index (χ1) is 15.5. The first-order valence-electron chi connectivity index (χ1n) is 10.6. The fourth-order valence-electron chi connectivity index (χ4n) is 3.87. The van der Waals surface area contributed by atoms with Crippen molar-refractivity contribution in [2.45, 2.75) is 19.5 Å². The van der Waals surface area contributed by atoms with E-state index in [9.17, 15) is 9.90 Å². The van der Waals surface area contributed by atoms with E-state index >= 15 is 0 Å². The third-order valence-electron chi connectivity index (χ3n) is 5.65. The Balaban J connectivity index is 1.33. The molecule has 32 heavy (non-hydrogen) atoms. The molecule has 2 aromatic carbocycles. The summed E-state index contributed by atoms with van der Waals surface area (Å²) in [5.74, 6) is 1.35. The van der Waals surface area contributed by atoms with Crippen LogP contribution in [-0.4, -0.2) is 63.8 Å². The van der Waals surface area contributed by atoms with Crippen LogP contribution in [0, 0.1) is 0 Å². The van der Waals surface area contributed by atoms with E-state index in [1.807, 2.05) is 43.3 Å². The van der Waals surface area contributed by atoms with Crippen LogP contribution in [-0.2, 0) is 6.54 Å². The highest BCUT2D eigenvalue weighted by Gasteiger charge is 2.26. The van der Waals surface area contributed by atoms with Crippen molar-refractivity contribution in [3.63, 3.8) is 0 Å². The summed E-state index contributed by atoms with van der Waals surface area (Å²) in [6.07, 6.45) is 2.75. The van der Waals surface area contributed by atoms with Crippen molar-refractivity contribution in [3.05, 3.63) is 66.5 Å². The standard InChI is InChI=1S/C24H27N5O3/c1-17-15-28(11-12-29(17)24(30)31)16-18-3-7-21(8-4-18)27-23-25-13-20(14-26-23)19-5-9-22(32-2)10-6-19/h3-10,13-14,17H,11-12,15-16H2,1-2H3,(H,30,31)(H,25,26,27). The summed E-state index contributed by atoms with van der Waals surface area (Å²) in [6, 6.07) is 15.9. The summed E-state index contributed by atoms with van der Waals surface area (Å²) >= 11 is 0. The molecule has 4 rings (SSSR count). The van der Waals surface area contributed by atoms with E-state index in [-0.39, 0.29) is 6.04 Å². The summed E-state index contributed by atoms with van der Waals surface area (Å²) in [7, 11) is 1.65. The van der Waals surface area contributed by atoms with Crippen LogP contribution < -0.4 is 10.1 Å². The number of rotatable bonds is 6. The molecule has 0 aliphatic carbocycles. The zero-order chi connectivity index (χ0) is 22.5. The molecular formula is C24H27N5O3. The van der Waals surface area contributed by atoms with Gasteiger partial charge in [0.05, 0.1) is 7.11 Å². The minimum atomic E-state index is -0.841. The van der Waals surface area contributed by atoms with Gasteiger partial charge in [0, 0.05) is 55.9 Å². The summed E-state index contributed by atoms with van der Waals surface area (Å²) in [5.41, 5.74) is 4.06. The van der Waals surface area contributed by atoms with Gasteiger partial charge in [-0.3, -0.25) is 4.90 Å². The lowest BCUT2D eigenvalue weighted by Crippen LogP contribution is -2.53. The molecule has 1 saturated heterocycles. The molecule has 1 aliphatic rings. The van der Waals surface area contributed by atoms with Crippen LogP contribution in [0.5, 0.6) is 5.75 Å². The minimum Gasteiger partial charge on any atom is -0.497 e. The maximum atomic E-state index is 11.2. The van der Waals surface area contributed by atoms with Gasteiger partial charge in [0.1, 0.15) is 5.75 Å². The summed E-state index contributed by atoms with van der Waals surface area (Å²) in [4.78, 5) is 23.9. The molecule has 1 aliphatic heterocycles. The molecular weight excluding hydrogens is 406 g/mol. The molecule has 8 heteroatoms. The molecule has 2 N–H and O–H groups in total. The number of hydrogen-bond donors (Lipinski definition) is 2. The molecule has 166 valence electrons. The predicted molar refractivity (Wildman–Crippen MR) is 123 cm³/mol. The van der Waals surface area contributed by atoms with Gasteiger partial charge in [-0.25, -0.2) is 14.8 Å².